The molecule has 0 fully saturated rings. The molecule has 0 radical (unpaired) electrons. The topological polar surface area (TPSA) is 55.6 Å². The third-order valence-electron chi connectivity index (χ3n) is 10.3. The second kappa shape index (κ2) is 12.1. The third kappa shape index (κ3) is 4.83. The van der Waals surface area contributed by atoms with Crippen LogP contribution >= 0.6 is 0 Å². The Morgan fingerprint density at radius 1 is 0.370 bits per heavy atom. The van der Waals surface area contributed by atoms with Crippen LogP contribution in [0.3, 0.4) is 0 Å². The fourth-order valence-corrected chi connectivity index (χ4v) is 7.78. The van der Waals surface area contributed by atoms with Crippen LogP contribution in [0.15, 0.2) is 195 Å². The van der Waals surface area contributed by atoms with Crippen LogP contribution in [0.5, 0.6) is 0 Å². The van der Waals surface area contributed by atoms with E-state index in [-0.39, 0.29) is 0 Å². The van der Waals surface area contributed by atoms with Crippen molar-refractivity contribution in [2.24, 2.45) is 0 Å². The van der Waals surface area contributed by atoms with Gasteiger partial charge in [-0.05, 0) is 77.9 Å². The molecular weight excluding hydrogens is 665 g/mol. The summed E-state index contributed by atoms with van der Waals surface area (Å²) in [4.78, 5) is 7.24. The zero-order valence-electron chi connectivity index (χ0n) is 28.9. The highest BCUT2D eigenvalue weighted by atomic mass is 16.4. The van der Waals surface area contributed by atoms with Crippen molar-refractivity contribution in [3.8, 4) is 33.7 Å². The van der Waals surface area contributed by atoms with Gasteiger partial charge in [0.2, 0.25) is 5.89 Å². The molecule has 11 aromatic rings. The fourth-order valence-electron chi connectivity index (χ4n) is 7.78. The highest BCUT2D eigenvalue weighted by Crippen LogP contribution is 2.44. The predicted molar refractivity (Wildman–Crippen MR) is 220 cm³/mol. The summed E-state index contributed by atoms with van der Waals surface area (Å²) < 4.78 is 19.5. The predicted octanol–water partition coefficient (Wildman–Crippen LogP) is 14.1. The first-order valence-electron chi connectivity index (χ1n) is 18.0. The largest absolute Gasteiger partial charge is 0.455 e. The number of furan rings is 2. The van der Waals surface area contributed by atoms with Crippen molar-refractivity contribution in [2.75, 3.05) is 4.90 Å². The number of anilines is 3. The Hall–Kier alpha value is -7.37. The van der Waals surface area contributed by atoms with E-state index in [0.717, 1.165) is 94.3 Å². The van der Waals surface area contributed by atoms with Gasteiger partial charge in [0.1, 0.15) is 27.8 Å². The molecule has 0 N–H and O–H groups in total. The lowest BCUT2D eigenvalue weighted by atomic mass is 10.00. The molecule has 0 saturated carbocycles. The monoisotopic (exact) mass is 694 g/mol. The molecule has 0 saturated heterocycles. The number of fused-ring (bicyclic) bond motifs is 7. The maximum absolute atomic E-state index is 6.56. The molecule has 54 heavy (non-hydrogen) atoms. The van der Waals surface area contributed by atoms with Gasteiger partial charge in [0.25, 0.3) is 0 Å². The molecule has 254 valence electrons. The number of para-hydroxylation sites is 4. The molecule has 0 aliphatic heterocycles. The van der Waals surface area contributed by atoms with Crippen LogP contribution < -0.4 is 4.90 Å². The molecule has 0 bridgehead atoms. The second-order valence-electron chi connectivity index (χ2n) is 13.5. The minimum absolute atomic E-state index is 0.579. The summed E-state index contributed by atoms with van der Waals surface area (Å²) in [5.74, 6) is 0.579. The molecule has 3 aromatic heterocycles. The zero-order valence-corrected chi connectivity index (χ0v) is 28.9. The highest BCUT2D eigenvalue weighted by molar-refractivity contribution is 6.16. The van der Waals surface area contributed by atoms with Crippen LogP contribution in [0.25, 0.3) is 88.7 Å². The lowest BCUT2D eigenvalue weighted by molar-refractivity contribution is 0.619. The number of benzene rings is 8. The summed E-state index contributed by atoms with van der Waals surface area (Å²) in [6.07, 6.45) is 0. The number of nitrogens with zero attached hydrogens (tertiary/aromatic N) is 2. The summed E-state index contributed by atoms with van der Waals surface area (Å²) in [6, 6.07) is 62.6. The van der Waals surface area contributed by atoms with E-state index in [2.05, 4.69) is 120 Å². The van der Waals surface area contributed by atoms with Crippen LogP contribution in [-0.4, -0.2) is 4.98 Å². The van der Waals surface area contributed by atoms with Crippen molar-refractivity contribution in [2.45, 2.75) is 0 Å². The average Bonchev–Trinajstić information content (AvgIpc) is 3.95. The molecule has 11 rings (SSSR count). The minimum atomic E-state index is 0.579. The van der Waals surface area contributed by atoms with E-state index in [4.69, 9.17) is 18.2 Å². The van der Waals surface area contributed by atoms with Gasteiger partial charge in [0, 0.05) is 49.7 Å². The van der Waals surface area contributed by atoms with Gasteiger partial charge in [-0.25, -0.2) is 4.98 Å². The van der Waals surface area contributed by atoms with Gasteiger partial charge in [-0.2, -0.15) is 0 Å². The van der Waals surface area contributed by atoms with Gasteiger partial charge in [-0.1, -0.05) is 115 Å². The van der Waals surface area contributed by atoms with Crippen LogP contribution in [0, 0.1) is 0 Å². The van der Waals surface area contributed by atoms with E-state index >= 15 is 0 Å². The van der Waals surface area contributed by atoms with Gasteiger partial charge in [-0.15, -0.1) is 0 Å². The lowest BCUT2D eigenvalue weighted by Crippen LogP contribution is -2.09. The Morgan fingerprint density at radius 3 is 1.63 bits per heavy atom. The van der Waals surface area contributed by atoms with Crippen molar-refractivity contribution in [3.05, 3.63) is 182 Å². The molecule has 0 spiro atoms. The van der Waals surface area contributed by atoms with Crippen molar-refractivity contribution in [3.63, 3.8) is 0 Å². The molecule has 8 aromatic carbocycles. The van der Waals surface area contributed by atoms with Gasteiger partial charge in [0.05, 0.1) is 5.56 Å². The van der Waals surface area contributed by atoms with Crippen LogP contribution in [0.2, 0.25) is 0 Å². The number of hydrogen-bond acceptors (Lipinski definition) is 5. The molecule has 0 aliphatic rings. The standard InChI is InChI=1S/C49H30N2O3/c1-3-12-33(13-4-1)49-50-42-30-41-39-17-8-10-21-44(39)53-47(41)45(48(42)54-49)32-24-28-36(29-25-32)51(34-14-5-2-6-15-34)35-26-22-31(23-27-35)37-18-11-19-40-38-16-7-9-20-43(38)52-46(37)40/h1-30H. The van der Waals surface area contributed by atoms with E-state index < -0.39 is 0 Å². The first-order chi connectivity index (χ1) is 26.8. The van der Waals surface area contributed by atoms with E-state index in [1.165, 1.54) is 0 Å². The number of aromatic nitrogens is 1. The first kappa shape index (κ1) is 30.3. The van der Waals surface area contributed by atoms with Gasteiger partial charge in [-0.3, -0.25) is 0 Å². The summed E-state index contributed by atoms with van der Waals surface area (Å²) in [5, 5.41) is 4.30. The molecular formula is C49H30N2O3. The Balaban J connectivity index is 1.03. The SMILES string of the molecule is c1ccc(-c2nc3cc4c(oc5ccccc54)c(-c4ccc(N(c5ccccc5)c5ccc(-c6cccc7c6oc6ccccc67)cc5)cc4)c3o2)cc1. The van der Waals surface area contributed by atoms with E-state index in [1.807, 2.05) is 66.7 Å². The fraction of sp³-hybridized carbons (Fsp3) is 0. The van der Waals surface area contributed by atoms with Crippen molar-refractivity contribution in [1.29, 1.82) is 0 Å². The van der Waals surface area contributed by atoms with Gasteiger partial charge in [0.15, 0.2) is 5.58 Å². The molecule has 0 aliphatic carbocycles. The highest BCUT2D eigenvalue weighted by Gasteiger charge is 2.22. The van der Waals surface area contributed by atoms with E-state index in [0.29, 0.717) is 11.5 Å². The summed E-state index contributed by atoms with van der Waals surface area (Å²) in [7, 11) is 0. The summed E-state index contributed by atoms with van der Waals surface area (Å²) >= 11 is 0. The maximum atomic E-state index is 6.56. The number of hydrogen-bond donors (Lipinski definition) is 0. The summed E-state index contributed by atoms with van der Waals surface area (Å²) in [6.45, 7) is 0. The molecule has 0 unspecified atom stereocenters. The Bertz CT molecular complexity index is 3140. The second-order valence-corrected chi connectivity index (χ2v) is 13.5. The quantitative estimate of drug-likeness (QED) is 0.173. The van der Waals surface area contributed by atoms with Crippen molar-refractivity contribution < 1.29 is 13.3 Å². The van der Waals surface area contributed by atoms with Crippen molar-refractivity contribution in [1.82, 2.24) is 4.98 Å². The number of rotatable bonds is 6. The first-order valence-corrected chi connectivity index (χ1v) is 18.0. The van der Waals surface area contributed by atoms with Gasteiger partial charge >= 0.3 is 0 Å². The van der Waals surface area contributed by atoms with Crippen LogP contribution in [0.4, 0.5) is 17.1 Å². The molecule has 3 heterocycles. The molecule has 0 atom stereocenters. The van der Waals surface area contributed by atoms with Crippen LogP contribution in [-0.2, 0) is 0 Å². The van der Waals surface area contributed by atoms with Crippen LogP contribution in [0.1, 0.15) is 0 Å². The lowest BCUT2D eigenvalue weighted by Gasteiger charge is -2.26. The van der Waals surface area contributed by atoms with E-state index in [9.17, 15) is 0 Å². The minimum Gasteiger partial charge on any atom is -0.455 e. The molecule has 5 heteroatoms. The third-order valence-corrected chi connectivity index (χ3v) is 10.3. The summed E-state index contributed by atoms with van der Waals surface area (Å²) in [5.41, 5.74) is 13.0. The Kier molecular flexibility index (Phi) is 6.79. The smallest absolute Gasteiger partial charge is 0.227 e. The van der Waals surface area contributed by atoms with E-state index in [1.54, 1.807) is 0 Å². The normalized spacial score (nSPS) is 11.7. The molecule has 0 amide bonds. The Labute approximate surface area is 309 Å². The zero-order chi connectivity index (χ0) is 35.6. The van der Waals surface area contributed by atoms with Crippen molar-refractivity contribution >= 4 is 72.0 Å². The molecule has 5 nitrogen and oxygen atoms in total. The Morgan fingerprint density at radius 2 is 0.926 bits per heavy atom. The number of oxazole rings is 1. The van der Waals surface area contributed by atoms with Gasteiger partial charge < -0.3 is 18.2 Å². The maximum Gasteiger partial charge on any atom is 0.227 e. The average molecular weight is 695 g/mol.